The van der Waals surface area contributed by atoms with Gasteiger partial charge >= 0.3 is 0 Å². The van der Waals surface area contributed by atoms with Crippen LogP contribution < -0.4 is 0 Å². The van der Waals surface area contributed by atoms with E-state index in [9.17, 15) is 4.39 Å². The van der Waals surface area contributed by atoms with Crippen molar-refractivity contribution >= 4 is 15.9 Å². The molecule has 0 saturated heterocycles. The SMILES string of the molecule is CC(CBr)N(C)CCCF. The lowest BCUT2D eigenvalue weighted by Gasteiger charge is -2.21. The van der Waals surface area contributed by atoms with Crippen molar-refractivity contribution in [3.8, 4) is 0 Å². The van der Waals surface area contributed by atoms with E-state index in [0.29, 0.717) is 12.5 Å². The Labute approximate surface area is 70.7 Å². The molecule has 0 N–H and O–H groups in total. The summed E-state index contributed by atoms with van der Waals surface area (Å²) in [6, 6.07) is 0.506. The van der Waals surface area contributed by atoms with Gasteiger partial charge in [0.1, 0.15) is 0 Å². The zero-order chi connectivity index (χ0) is 7.98. The summed E-state index contributed by atoms with van der Waals surface area (Å²) in [6.45, 7) is 2.76. The molecule has 3 heteroatoms. The van der Waals surface area contributed by atoms with Gasteiger partial charge in [0, 0.05) is 17.9 Å². The molecule has 0 aliphatic carbocycles. The molecule has 0 aromatic carbocycles. The number of halogens is 2. The van der Waals surface area contributed by atoms with Crippen molar-refractivity contribution in [2.24, 2.45) is 0 Å². The Bertz CT molecular complexity index is 80.0. The minimum Gasteiger partial charge on any atom is -0.303 e. The summed E-state index contributed by atoms with van der Waals surface area (Å²) >= 11 is 3.37. The molecule has 0 spiro atoms. The van der Waals surface area contributed by atoms with Gasteiger partial charge in [-0.1, -0.05) is 15.9 Å². The molecule has 1 atom stereocenters. The molecule has 0 heterocycles. The van der Waals surface area contributed by atoms with Crippen molar-refractivity contribution in [3.63, 3.8) is 0 Å². The predicted octanol–water partition coefficient (Wildman–Crippen LogP) is 2.06. The molecule has 0 aliphatic rings. The molecule has 0 rings (SSSR count). The third-order valence-corrected chi connectivity index (χ3v) is 2.56. The van der Waals surface area contributed by atoms with Crippen LogP contribution in [0.25, 0.3) is 0 Å². The Morgan fingerprint density at radius 1 is 1.60 bits per heavy atom. The molecule has 0 aromatic heterocycles. The summed E-state index contributed by atoms with van der Waals surface area (Å²) in [5.41, 5.74) is 0. The third kappa shape index (κ3) is 4.23. The maximum atomic E-state index is 11.7. The summed E-state index contributed by atoms with van der Waals surface area (Å²) < 4.78 is 11.7. The van der Waals surface area contributed by atoms with Crippen LogP contribution in [0.2, 0.25) is 0 Å². The van der Waals surface area contributed by atoms with E-state index in [-0.39, 0.29) is 6.67 Å². The lowest BCUT2D eigenvalue weighted by atomic mass is 10.3. The molecular formula is C7H15BrFN. The number of hydrogen-bond donors (Lipinski definition) is 0. The van der Waals surface area contributed by atoms with Crippen LogP contribution in [0.1, 0.15) is 13.3 Å². The first-order valence-corrected chi connectivity index (χ1v) is 4.66. The maximum absolute atomic E-state index is 11.7. The summed E-state index contributed by atoms with van der Waals surface area (Å²) in [5, 5.41) is 0.954. The molecule has 62 valence electrons. The number of hydrogen-bond acceptors (Lipinski definition) is 1. The second-order valence-corrected chi connectivity index (χ2v) is 3.17. The lowest BCUT2D eigenvalue weighted by molar-refractivity contribution is 0.263. The Kier molecular flexibility index (Phi) is 6.33. The van der Waals surface area contributed by atoms with Crippen LogP contribution in [0.5, 0.6) is 0 Å². The van der Waals surface area contributed by atoms with Crippen LogP contribution in [0.15, 0.2) is 0 Å². The van der Waals surface area contributed by atoms with E-state index in [1.165, 1.54) is 0 Å². The molecule has 1 nitrogen and oxygen atoms in total. The zero-order valence-electron chi connectivity index (χ0n) is 6.61. The summed E-state index contributed by atoms with van der Waals surface area (Å²) in [5.74, 6) is 0. The van der Waals surface area contributed by atoms with Crippen LogP contribution in [0, 0.1) is 0 Å². The standard InChI is InChI=1S/C7H15BrFN/c1-7(6-8)10(2)5-3-4-9/h7H,3-6H2,1-2H3. The van der Waals surface area contributed by atoms with Gasteiger partial charge in [-0.2, -0.15) is 0 Å². The Hall–Kier alpha value is 0.370. The van der Waals surface area contributed by atoms with E-state index >= 15 is 0 Å². The van der Waals surface area contributed by atoms with Gasteiger partial charge in [0.15, 0.2) is 0 Å². The van der Waals surface area contributed by atoms with Crippen LogP contribution in [-0.4, -0.2) is 36.5 Å². The van der Waals surface area contributed by atoms with Gasteiger partial charge in [0.05, 0.1) is 6.67 Å². The van der Waals surface area contributed by atoms with E-state index in [1.807, 2.05) is 7.05 Å². The van der Waals surface area contributed by atoms with Crippen LogP contribution in [0.3, 0.4) is 0 Å². The summed E-state index contributed by atoms with van der Waals surface area (Å²) in [4.78, 5) is 2.15. The smallest absolute Gasteiger partial charge is 0.0906 e. The number of alkyl halides is 2. The van der Waals surface area contributed by atoms with Crippen molar-refractivity contribution in [3.05, 3.63) is 0 Å². The van der Waals surface area contributed by atoms with Gasteiger partial charge in [-0.3, -0.25) is 4.39 Å². The largest absolute Gasteiger partial charge is 0.303 e. The minimum atomic E-state index is -0.209. The van der Waals surface area contributed by atoms with Gasteiger partial charge in [-0.15, -0.1) is 0 Å². The highest BCUT2D eigenvalue weighted by Gasteiger charge is 2.05. The highest BCUT2D eigenvalue weighted by molar-refractivity contribution is 9.09. The van der Waals surface area contributed by atoms with E-state index in [2.05, 4.69) is 27.8 Å². The molecule has 0 bridgehead atoms. The van der Waals surface area contributed by atoms with Crippen LogP contribution in [-0.2, 0) is 0 Å². The molecule has 10 heavy (non-hydrogen) atoms. The van der Waals surface area contributed by atoms with E-state index in [4.69, 9.17) is 0 Å². The average Bonchev–Trinajstić information content (AvgIpc) is 1.98. The highest BCUT2D eigenvalue weighted by atomic mass is 79.9. The second kappa shape index (κ2) is 6.10. The zero-order valence-corrected chi connectivity index (χ0v) is 8.19. The van der Waals surface area contributed by atoms with E-state index in [1.54, 1.807) is 0 Å². The molecule has 0 amide bonds. The van der Waals surface area contributed by atoms with Crippen molar-refractivity contribution in [1.82, 2.24) is 4.90 Å². The van der Waals surface area contributed by atoms with Gasteiger partial charge in [0.25, 0.3) is 0 Å². The van der Waals surface area contributed by atoms with Crippen molar-refractivity contribution < 1.29 is 4.39 Å². The van der Waals surface area contributed by atoms with Gasteiger partial charge < -0.3 is 4.90 Å². The molecule has 0 fully saturated rings. The molecular weight excluding hydrogens is 197 g/mol. The molecule has 1 unspecified atom stereocenters. The maximum Gasteiger partial charge on any atom is 0.0906 e. The average molecular weight is 212 g/mol. The fraction of sp³-hybridized carbons (Fsp3) is 1.00. The van der Waals surface area contributed by atoms with Gasteiger partial charge in [-0.05, 0) is 20.4 Å². The first-order valence-electron chi connectivity index (χ1n) is 3.54. The van der Waals surface area contributed by atoms with Crippen molar-refractivity contribution in [2.75, 3.05) is 25.6 Å². The molecule has 0 aliphatic heterocycles. The summed E-state index contributed by atoms with van der Waals surface area (Å²) in [7, 11) is 2.02. The first-order chi connectivity index (χ1) is 4.72. The van der Waals surface area contributed by atoms with E-state index < -0.39 is 0 Å². The number of rotatable bonds is 5. The third-order valence-electron chi connectivity index (χ3n) is 1.62. The monoisotopic (exact) mass is 211 g/mol. The molecule has 0 radical (unpaired) electrons. The fourth-order valence-electron chi connectivity index (χ4n) is 0.647. The Balaban J connectivity index is 3.31. The lowest BCUT2D eigenvalue weighted by Crippen LogP contribution is -2.31. The van der Waals surface area contributed by atoms with Crippen LogP contribution in [0.4, 0.5) is 4.39 Å². The fourth-order valence-corrected chi connectivity index (χ4v) is 1.14. The molecule has 0 aromatic rings. The number of nitrogens with zero attached hydrogens (tertiary/aromatic N) is 1. The summed E-state index contributed by atoms with van der Waals surface area (Å²) in [6.07, 6.45) is 0.647. The molecule has 0 saturated carbocycles. The van der Waals surface area contributed by atoms with Gasteiger partial charge in [0.2, 0.25) is 0 Å². The normalized spacial score (nSPS) is 14.1. The van der Waals surface area contributed by atoms with Crippen LogP contribution >= 0.6 is 15.9 Å². The van der Waals surface area contributed by atoms with Gasteiger partial charge in [-0.25, -0.2) is 0 Å². The predicted molar refractivity (Wildman–Crippen MR) is 46.5 cm³/mol. The first kappa shape index (κ1) is 10.4. The highest BCUT2D eigenvalue weighted by Crippen LogP contribution is 2.00. The quantitative estimate of drug-likeness (QED) is 0.630. The van der Waals surface area contributed by atoms with Crippen molar-refractivity contribution in [2.45, 2.75) is 19.4 Å². The van der Waals surface area contributed by atoms with E-state index in [0.717, 1.165) is 11.9 Å². The second-order valence-electron chi connectivity index (χ2n) is 2.53. The Morgan fingerprint density at radius 2 is 2.20 bits per heavy atom. The Morgan fingerprint density at radius 3 is 2.60 bits per heavy atom. The topological polar surface area (TPSA) is 3.24 Å². The minimum absolute atomic E-state index is 0.209. The van der Waals surface area contributed by atoms with Crippen molar-refractivity contribution in [1.29, 1.82) is 0 Å².